The highest BCUT2D eigenvalue weighted by Gasteiger charge is 2.29. The summed E-state index contributed by atoms with van der Waals surface area (Å²) >= 11 is 1.66. The number of benzene rings is 1. The molecule has 7 nitrogen and oxygen atoms in total. The first kappa shape index (κ1) is 19.3. The summed E-state index contributed by atoms with van der Waals surface area (Å²) < 4.78 is 2.39. The van der Waals surface area contributed by atoms with Crippen LogP contribution in [0.3, 0.4) is 0 Å². The molecule has 1 N–H and O–H groups in total. The van der Waals surface area contributed by atoms with E-state index in [1.165, 1.54) is 22.3 Å². The molecule has 0 fully saturated rings. The minimum Gasteiger partial charge on any atom is -0.305 e. The Labute approximate surface area is 189 Å². The fraction of sp³-hybridized carbons (Fsp3) is 0.292. The number of thiophene rings is 1. The number of imidazole rings is 1. The number of aromatic amines is 1. The summed E-state index contributed by atoms with van der Waals surface area (Å²) in [7, 11) is 0. The highest BCUT2D eigenvalue weighted by molar-refractivity contribution is 7.08. The van der Waals surface area contributed by atoms with E-state index in [-0.39, 0.29) is 6.04 Å². The van der Waals surface area contributed by atoms with Crippen LogP contribution >= 0.6 is 11.3 Å². The number of hydrogen-bond acceptors (Lipinski definition) is 6. The van der Waals surface area contributed by atoms with Gasteiger partial charge in [0.25, 0.3) is 0 Å². The molecule has 160 valence electrons. The van der Waals surface area contributed by atoms with Crippen molar-refractivity contribution in [2.24, 2.45) is 0 Å². The maximum absolute atomic E-state index is 4.97. The zero-order valence-corrected chi connectivity index (χ0v) is 19.1. The summed E-state index contributed by atoms with van der Waals surface area (Å²) in [5.41, 5.74) is 10.4. The molecular formula is C24H23N7S. The molecule has 0 saturated carbocycles. The number of pyridine rings is 1. The third kappa shape index (κ3) is 2.90. The molecule has 0 aliphatic heterocycles. The largest absolute Gasteiger partial charge is 0.305 e. The van der Waals surface area contributed by atoms with Crippen LogP contribution in [0.25, 0.3) is 33.7 Å². The number of aryl methyl sites for hydroxylation is 4. The Kier molecular flexibility index (Phi) is 4.43. The van der Waals surface area contributed by atoms with Crippen molar-refractivity contribution < 1.29 is 0 Å². The van der Waals surface area contributed by atoms with Crippen molar-refractivity contribution in [3.63, 3.8) is 0 Å². The van der Waals surface area contributed by atoms with Crippen LogP contribution in [-0.2, 0) is 12.8 Å². The Morgan fingerprint density at radius 3 is 2.81 bits per heavy atom. The molecular weight excluding hydrogens is 418 g/mol. The van der Waals surface area contributed by atoms with Crippen molar-refractivity contribution in [3.05, 3.63) is 63.2 Å². The monoisotopic (exact) mass is 441 g/mol. The van der Waals surface area contributed by atoms with Gasteiger partial charge in [-0.2, -0.15) is 16.6 Å². The molecule has 1 aliphatic carbocycles. The first-order chi connectivity index (χ1) is 15.6. The van der Waals surface area contributed by atoms with Crippen molar-refractivity contribution >= 4 is 22.5 Å². The number of tetrazole rings is 1. The molecule has 0 amide bonds. The number of hydrogen-bond donors (Lipinski definition) is 1. The van der Waals surface area contributed by atoms with E-state index in [1.54, 1.807) is 11.3 Å². The second-order valence-electron chi connectivity index (χ2n) is 8.41. The van der Waals surface area contributed by atoms with Gasteiger partial charge in [-0.05, 0) is 65.6 Å². The first-order valence-corrected chi connectivity index (χ1v) is 11.9. The van der Waals surface area contributed by atoms with Crippen LogP contribution in [0.2, 0.25) is 0 Å². The third-order valence-electron chi connectivity index (χ3n) is 6.42. The molecule has 1 unspecified atom stereocenters. The SMILES string of the molecule is CCc1nc2c(C)cc(C)nc2n1C1CCc2cc(-c3cscc3-c3nn[nH]n3)ccc21. The van der Waals surface area contributed by atoms with Gasteiger partial charge in [0.1, 0.15) is 11.3 Å². The van der Waals surface area contributed by atoms with Crippen LogP contribution in [0.15, 0.2) is 35.0 Å². The van der Waals surface area contributed by atoms with E-state index in [4.69, 9.17) is 9.97 Å². The van der Waals surface area contributed by atoms with Gasteiger partial charge in [0.05, 0.1) is 6.04 Å². The molecule has 6 rings (SSSR count). The zero-order chi connectivity index (χ0) is 21.8. The first-order valence-electron chi connectivity index (χ1n) is 10.9. The number of aromatic nitrogens is 7. The van der Waals surface area contributed by atoms with Gasteiger partial charge in [0.15, 0.2) is 5.65 Å². The van der Waals surface area contributed by atoms with E-state index in [2.05, 4.69) is 81.0 Å². The third-order valence-corrected chi connectivity index (χ3v) is 7.16. The molecule has 1 atom stereocenters. The number of H-pyrrole nitrogens is 1. The average molecular weight is 442 g/mol. The second kappa shape index (κ2) is 7.34. The van der Waals surface area contributed by atoms with Crippen LogP contribution in [-0.4, -0.2) is 35.2 Å². The number of fused-ring (bicyclic) bond motifs is 2. The smallest absolute Gasteiger partial charge is 0.206 e. The van der Waals surface area contributed by atoms with Crippen molar-refractivity contribution in [1.29, 1.82) is 0 Å². The van der Waals surface area contributed by atoms with E-state index in [0.717, 1.165) is 53.1 Å². The molecule has 0 radical (unpaired) electrons. The van der Waals surface area contributed by atoms with Crippen LogP contribution in [0, 0.1) is 13.8 Å². The fourth-order valence-electron chi connectivity index (χ4n) is 5.00. The molecule has 4 aromatic heterocycles. The lowest BCUT2D eigenvalue weighted by Crippen LogP contribution is -2.11. The fourth-order valence-corrected chi connectivity index (χ4v) is 5.83. The molecule has 5 aromatic rings. The Balaban J connectivity index is 1.45. The Morgan fingerprint density at radius 1 is 1.12 bits per heavy atom. The summed E-state index contributed by atoms with van der Waals surface area (Å²) in [6.45, 7) is 6.37. The standard InChI is InChI=1S/C24H23N7S/c1-4-21-26-22-13(2)9-14(3)25-24(22)31(21)20-8-6-15-10-16(5-7-17(15)20)18-11-32-12-19(18)23-27-29-30-28-23/h5,7,9-12,20H,4,6,8H2,1-3H3,(H,27,28,29,30). The van der Waals surface area contributed by atoms with Gasteiger partial charge in [0, 0.05) is 28.6 Å². The van der Waals surface area contributed by atoms with Gasteiger partial charge in [-0.15, -0.1) is 10.2 Å². The lowest BCUT2D eigenvalue weighted by Gasteiger charge is -2.18. The summed E-state index contributed by atoms with van der Waals surface area (Å²) in [6.07, 6.45) is 3.00. The maximum atomic E-state index is 4.97. The molecule has 0 spiro atoms. The minimum atomic E-state index is 0.270. The van der Waals surface area contributed by atoms with Gasteiger partial charge in [-0.3, -0.25) is 0 Å². The molecule has 1 aromatic carbocycles. The molecule has 0 saturated heterocycles. The summed E-state index contributed by atoms with van der Waals surface area (Å²) in [6, 6.07) is 9.23. The van der Waals surface area contributed by atoms with Crippen molar-refractivity contribution in [2.75, 3.05) is 0 Å². The van der Waals surface area contributed by atoms with Crippen molar-refractivity contribution in [1.82, 2.24) is 35.2 Å². The van der Waals surface area contributed by atoms with Crippen LogP contribution < -0.4 is 0 Å². The van der Waals surface area contributed by atoms with Crippen LogP contribution in [0.5, 0.6) is 0 Å². The van der Waals surface area contributed by atoms with E-state index in [9.17, 15) is 0 Å². The number of nitrogens with one attached hydrogen (secondary N) is 1. The van der Waals surface area contributed by atoms with E-state index in [0.29, 0.717) is 5.82 Å². The topological polar surface area (TPSA) is 85.2 Å². The second-order valence-corrected chi connectivity index (χ2v) is 9.15. The summed E-state index contributed by atoms with van der Waals surface area (Å²) in [4.78, 5) is 9.87. The minimum absolute atomic E-state index is 0.270. The van der Waals surface area contributed by atoms with E-state index < -0.39 is 0 Å². The molecule has 4 heterocycles. The summed E-state index contributed by atoms with van der Waals surface area (Å²) in [5.74, 6) is 1.74. The zero-order valence-electron chi connectivity index (χ0n) is 18.3. The maximum Gasteiger partial charge on any atom is 0.206 e. The lowest BCUT2D eigenvalue weighted by molar-refractivity contribution is 0.566. The predicted molar refractivity (Wildman–Crippen MR) is 126 cm³/mol. The Morgan fingerprint density at radius 2 is 2.00 bits per heavy atom. The van der Waals surface area contributed by atoms with Gasteiger partial charge < -0.3 is 4.57 Å². The predicted octanol–water partition coefficient (Wildman–Crippen LogP) is 5.05. The highest BCUT2D eigenvalue weighted by Crippen LogP contribution is 2.41. The Hall–Kier alpha value is -3.39. The molecule has 1 aliphatic rings. The molecule has 0 bridgehead atoms. The van der Waals surface area contributed by atoms with Crippen molar-refractivity contribution in [3.8, 4) is 22.5 Å². The number of nitrogens with zero attached hydrogens (tertiary/aromatic N) is 6. The van der Waals surface area contributed by atoms with Gasteiger partial charge in [-0.1, -0.05) is 25.1 Å². The normalized spacial score (nSPS) is 15.5. The highest BCUT2D eigenvalue weighted by atomic mass is 32.1. The summed E-state index contributed by atoms with van der Waals surface area (Å²) in [5, 5.41) is 18.8. The molecule has 32 heavy (non-hydrogen) atoms. The number of rotatable bonds is 4. The molecule has 8 heteroatoms. The van der Waals surface area contributed by atoms with Crippen molar-refractivity contribution in [2.45, 2.75) is 46.1 Å². The Bertz CT molecular complexity index is 1450. The lowest BCUT2D eigenvalue weighted by atomic mass is 9.99. The van der Waals surface area contributed by atoms with E-state index in [1.807, 2.05) is 0 Å². The van der Waals surface area contributed by atoms with Crippen LogP contribution in [0.4, 0.5) is 0 Å². The quantitative estimate of drug-likeness (QED) is 0.422. The van der Waals surface area contributed by atoms with Crippen LogP contribution in [0.1, 0.15) is 47.6 Å². The van der Waals surface area contributed by atoms with Gasteiger partial charge >= 0.3 is 0 Å². The van der Waals surface area contributed by atoms with E-state index >= 15 is 0 Å². The average Bonchev–Trinajstić information content (AvgIpc) is 3.57. The van der Waals surface area contributed by atoms with Gasteiger partial charge in [-0.25, -0.2) is 9.97 Å². The van der Waals surface area contributed by atoms with Gasteiger partial charge in [0.2, 0.25) is 5.82 Å².